The van der Waals surface area contributed by atoms with Gasteiger partial charge in [0.1, 0.15) is 0 Å². The van der Waals surface area contributed by atoms with Gasteiger partial charge in [-0.25, -0.2) is 4.39 Å². The maximum Gasteiger partial charge on any atom is 0.200 e. The van der Waals surface area contributed by atoms with E-state index in [1.54, 1.807) is 32.4 Å². The number of benzene rings is 1. The summed E-state index contributed by atoms with van der Waals surface area (Å²) >= 11 is 8.14. The molecule has 0 spiro atoms. The second-order valence-electron chi connectivity index (χ2n) is 7.83. The first-order valence-corrected chi connectivity index (χ1v) is 11.4. The van der Waals surface area contributed by atoms with Crippen LogP contribution in [0.5, 0.6) is 0 Å². The van der Waals surface area contributed by atoms with Gasteiger partial charge in [0.25, 0.3) is 0 Å². The third kappa shape index (κ3) is 3.51. The molecule has 5 aromatic heterocycles. The Balaban J connectivity index is 1.41. The fraction of sp³-hybridized carbons (Fsp3) is 0.0870. The highest BCUT2D eigenvalue weighted by molar-refractivity contribution is 7.99. The number of aryl methyl sites for hydroxylation is 2. The number of pyridine rings is 2. The molecule has 0 atom stereocenters. The Morgan fingerprint density at radius 1 is 0.882 bits per heavy atom. The van der Waals surface area contributed by atoms with Crippen LogP contribution in [0.4, 0.5) is 4.39 Å². The lowest BCUT2D eigenvalue weighted by Gasteiger charge is -2.08. The van der Waals surface area contributed by atoms with Crippen LogP contribution < -0.4 is 0 Å². The number of nitrogens with zero attached hydrogens (tertiary/aromatic N) is 8. The average molecular weight is 491 g/mol. The Hall–Kier alpha value is -3.76. The Bertz CT molecular complexity index is 1700. The molecule has 168 valence electrons. The molecule has 0 unspecified atom stereocenters. The van der Waals surface area contributed by atoms with Crippen molar-refractivity contribution in [2.45, 2.75) is 10.1 Å². The smallest absolute Gasteiger partial charge is 0.200 e. The highest BCUT2D eigenvalue weighted by Crippen LogP contribution is 2.36. The number of aromatic nitrogens is 8. The molecule has 0 radical (unpaired) electrons. The van der Waals surface area contributed by atoms with Gasteiger partial charge in [0.15, 0.2) is 11.5 Å². The van der Waals surface area contributed by atoms with Gasteiger partial charge < -0.3 is 0 Å². The summed E-state index contributed by atoms with van der Waals surface area (Å²) < 4.78 is 19.8. The van der Waals surface area contributed by atoms with Crippen molar-refractivity contribution in [3.63, 3.8) is 0 Å². The van der Waals surface area contributed by atoms with Crippen LogP contribution in [0.15, 0.2) is 71.5 Å². The molecule has 0 bridgehead atoms. The molecule has 0 aliphatic rings. The minimum atomic E-state index is -0.451. The molecule has 0 aliphatic carbocycles. The lowest BCUT2D eigenvalue weighted by atomic mass is 10.1. The second-order valence-corrected chi connectivity index (χ2v) is 9.24. The first kappa shape index (κ1) is 20.8. The van der Waals surface area contributed by atoms with Gasteiger partial charge in [-0.2, -0.15) is 10.2 Å². The van der Waals surface area contributed by atoms with E-state index in [0.717, 1.165) is 32.5 Å². The molecule has 0 fully saturated rings. The van der Waals surface area contributed by atoms with E-state index in [9.17, 15) is 4.39 Å². The molecule has 1 aromatic carbocycles. The van der Waals surface area contributed by atoms with E-state index in [0.29, 0.717) is 15.7 Å². The highest BCUT2D eigenvalue weighted by atomic mass is 35.5. The van der Waals surface area contributed by atoms with E-state index in [2.05, 4.69) is 25.4 Å². The van der Waals surface area contributed by atoms with Crippen LogP contribution in [-0.4, -0.2) is 39.1 Å². The van der Waals surface area contributed by atoms with E-state index in [1.807, 2.05) is 50.9 Å². The van der Waals surface area contributed by atoms with Gasteiger partial charge in [-0.05, 0) is 36.0 Å². The van der Waals surface area contributed by atoms with E-state index in [-0.39, 0.29) is 5.65 Å². The zero-order valence-electron chi connectivity index (χ0n) is 18.0. The standard InChI is InChI=1S/C23H16ClFN8S/c1-31-10-14(7-27-31)13-5-19(25)22-29-30-23(33(22)12-13)34-16-3-4-20-17(6-16)21(24)18(9-26-20)15-8-28-32(2)11-15/h3-12H,1-2H3. The summed E-state index contributed by atoms with van der Waals surface area (Å²) in [5, 5.41) is 18.6. The maximum absolute atomic E-state index is 14.8. The molecule has 0 saturated carbocycles. The molecule has 11 heteroatoms. The maximum atomic E-state index is 14.8. The molecule has 6 aromatic rings. The molecule has 0 amide bonds. The van der Waals surface area contributed by atoms with Crippen molar-refractivity contribution in [1.82, 2.24) is 39.1 Å². The summed E-state index contributed by atoms with van der Waals surface area (Å²) in [4.78, 5) is 5.43. The largest absolute Gasteiger partial charge is 0.275 e. The minimum Gasteiger partial charge on any atom is -0.275 e. The summed E-state index contributed by atoms with van der Waals surface area (Å²) in [6.45, 7) is 0. The van der Waals surface area contributed by atoms with Gasteiger partial charge in [0.2, 0.25) is 5.16 Å². The topological polar surface area (TPSA) is 78.7 Å². The quantitative estimate of drug-likeness (QED) is 0.345. The molecular weight excluding hydrogens is 475 g/mol. The van der Waals surface area contributed by atoms with E-state index in [4.69, 9.17) is 11.6 Å². The van der Waals surface area contributed by atoms with Gasteiger partial charge in [-0.1, -0.05) is 11.6 Å². The van der Waals surface area contributed by atoms with E-state index >= 15 is 0 Å². The SMILES string of the molecule is Cn1cc(-c2cc(F)c3nnc(Sc4ccc5ncc(-c6cnn(C)c6)c(Cl)c5c4)n3c2)cn1. The molecular formula is C23H16ClFN8S. The first-order chi connectivity index (χ1) is 16.5. The Labute approximate surface area is 202 Å². The van der Waals surface area contributed by atoms with Crippen molar-refractivity contribution in [2.24, 2.45) is 14.1 Å². The van der Waals surface area contributed by atoms with Gasteiger partial charge >= 0.3 is 0 Å². The Morgan fingerprint density at radius 2 is 1.65 bits per heavy atom. The van der Waals surface area contributed by atoms with Crippen molar-refractivity contribution < 1.29 is 4.39 Å². The fourth-order valence-corrected chi connectivity index (χ4v) is 4.95. The van der Waals surface area contributed by atoms with Crippen LogP contribution in [0.2, 0.25) is 5.02 Å². The third-order valence-corrected chi connectivity index (χ3v) is 6.82. The predicted molar refractivity (Wildman–Crippen MR) is 128 cm³/mol. The lowest BCUT2D eigenvalue weighted by molar-refractivity contribution is 0.629. The molecule has 0 saturated heterocycles. The fourth-order valence-electron chi connectivity index (χ4n) is 3.80. The van der Waals surface area contributed by atoms with Crippen LogP contribution in [0.1, 0.15) is 0 Å². The number of hydrogen-bond donors (Lipinski definition) is 0. The number of hydrogen-bond acceptors (Lipinski definition) is 6. The second kappa shape index (κ2) is 7.93. The first-order valence-electron chi connectivity index (χ1n) is 10.2. The van der Waals surface area contributed by atoms with Crippen molar-refractivity contribution in [2.75, 3.05) is 0 Å². The van der Waals surface area contributed by atoms with Crippen molar-refractivity contribution in [3.8, 4) is 22.3 Å². The zero-order chi connectivity index (χ0) is 23.4. The third-order valence-electron chi connectivity index (χ3n) is 5.47. The molecule has 0 N–H and O–H groups in total. The Kier molecular flexibility index (Phi) is 4.85. The van der Waals surface area contributed by atoms with Crippen molar-refractivity contribution >= 4 is 39.9 Å². The number of halogens is 2. The molecule has 6 rings (SSSR count). The minimum absolute atomic E-state index is 0.162. The zero-order valence-corrected chi connectivity index (χ0v) is 19.6. The van der Waals surface area contributed by atoms with Crippen LogP contribution in [0.25, 0.3) is 38.8 Å². The molecule has 8 nitrogen and oxygen atoms in total. The van der Waals surface area contributed by atoms with Gasteiger partial charge in [0, 0.05) is 71.4 Å². The molecule has 5 heterocycles. The van der Waals surface area contributed by atoms with Crippen molar-refractivity contribution in [3.05, 3.63) is 72.3 Å². The van der Waals surface area contributed by atoms with Gasteiger partial charge in [0.05, 0.1) is 22.9 Å². The molecule has 0 aliphatic heterocycles. The highest BCUT2D eigenvalue weighted by Gasteiger charge is 2.16. The van der Waals surface area contributed by atoms with Crippen LogP contribution in [-0.2, 0) is 14.1 Å². The summed E-state index contributed by atoms with van der Waals surface area (Å²) in [7, 11) is 3.67. The van der Waals surface area contributed by atoms with Crippen molar-refractivity contribution in [1.29, 1.82) is 0 Å². The number of rotatable bonds is 4. The average Bonchev–Trinajstić information content (AvgIpc) is 3.55. The van der Waals surface area contributed by atoms with Crippen LogP contribution >= 0.6 is 23.4 Å². The Morgan fingerprint density at radius 3 is 2.38 bits per heavy atom. The monoisotopic (exact) mass is 490 g/mol. The van der Waals surface area contributed by atoms with E-state index < -0.39 is 5.82 Å². The van der Waals surface area contributed by atoms with Crippen LogP contribution in [0.3, 0.4) is 0 Å². The summed E-state index contributed by atoms with van der Waals surface area (Å²) in [6, 6.07) is 7.23. The number of fused-ring (bicyclic) bond motifs is 2. The summed E-state index contributed by atoms with van der Waals surface area (Å²) in [5.74, 6) is -0.451. The van der Waals surface area contributed by atoms with Gasteiger partial charge in [-0.3, -0.25) is 18.7 Å². The normalized spacial score (nSPS) is 11.6. The molecule has 34 heavy (non-hydrogen) atoms. The summed E-state index contributed by atoms with van der Waals surface area (Å²) in [5.41, 5.74) is 4.13. The van der Waals surface area contributed by atoms with Crippen LogP contribution in [0, 0.1) is 5.82 Å². The summed E-state index contributed by atoms with van der Waals surface area (Å²) in [6.07, 6.45) is 10.7. The van der Waals surface area contributed by atoms with E-state index in [1.165, 1.54) is 17.8 Å². The van der Waals surface area contributed by atoms with Gasteiger partial charge in [-0.15, -0.1) is 10.2 Å². The lowest BCUT2D eigenvalue weighted by Crippen LogP contribution is -1.93. The predicted octanol–water partition coefficient (Wildman–Crippen LogP) is 5.02.